The second-order valence-electron chi connectivity index (χ2n) is 2.88. The normalized spacial score (nSPS) is 10.1. The molecule has 0 atom stereocenters. The minimum atomic E-state index is -2.58. The molecule has 1 rings (SSSR count). The summed E-state index contributed by atoms with van der Waals surface area (Å²) in [5.74, 6) is -0.612. The molecule has 4 nitrogen and oxygen atoms in total. The third-order valence-electron chi connectivity index (χ3n) is 1.89. The lowest BCUT2D eigenvalue weighted by Crippen LogP contribution is -2.29. The van der Waals surface area contributed by atoms with Gasteiger partial charge in [0.2, 0.25) is 0 Å². The number of aromatic nitrogens is 1. The molecule has 0 unspecified atom stereocenters. The molecule has 1 aromatic rings. The lowest BCUT2D eigenvalue weighted by atomic mass is 10.4. The Hall–Kier alpha value is -1.90. The van der Waals surface area contributed by atoms with Crippen molar-refractivity contribution in [2.24, 2.45) is 7.05 Å². The quantitative estimate of drug-likeness (QED) is 0.810. The van der Waals surface area contributed by atoms with Gasteiger partial charge < -0.3 is 9.88 Å². The van der Waals surface area contributed by atoms with E-state index >= 15 is 0 Å². The summed E-state index contributed by atoms with van der Waals surface area (Å²) in [5, 5.41) is 10.7. The lowest BCUT2D eigenvalue weighted by Gasteiger charge is -2.05. The lowest BCUT2D eigenvalue weighted by molar-refractivity contribution is 0.0884. The van der Waals surface area contributed by atoms with Crippen molar-refractivity contribution in [2.45, 2.75) is 6.43 Å². The van der Waals surface area contributed by atoms with Crippen LogP contribution in [0.4, 0.5) is 8.78 Å². The third-order valence-corrected chi connectivity index (χ3v) is 1.89. The highest BCUT2D eigenvalue weighted by Gasteiger charge is 2.13. The molecular formula is C9H9F2N3O. The van der Waals surface area contributed by atoms with E-state index in [0.717, 1.165) is 0 Å². The number of hydrogen-bond acceptors (Lipinski definition) is 2. The Morgan fingerprint density at radius 1 is 1.67 bits per heavy atom. The number of carbonyl (C=O) groups excluding carboxylic acids is 1. The standard InChI is InChI=1S/C9H9F2N3O/c1-14-6(4-12)2-3-7(14)9(15)13-5-8(10)11/h2-3,8H,5H2,1H3,(H,13,15). The van der Waals surface area contributed by atoms with Crippen molar-refractivity contribution in [1.82, 2.24) is 9.88 Å². The number of amides is 1. The molecule has 0 spiro atoms. The van der Waals surface area contributed by atoms with Crippen molar-refractivity contribution in [2.75, 3.05) is 6.54 Å². The van der Waals surface area contributed by atoms with Crippen LogP contribution >= 0.6 is 0 Å². The number of nitriles is 1. The zero-order valence-corrected chi connectivity index (χ0v) is 8.00. The van der Waals surface area contributed by atoms with Crippen molar-refractivity contribution < 1.29 is 13.6 Å². The van der Waals surface area contributed by atoms with Crippen LogP contribution in [0.3, 0.4) is 0 Å². The molecule has 1 heterocycles. The first kappa shape index (κ1) is 11.2. The van der Waals surface area contributed by atoms with Gasteiger partial charge in [0.25, 0.3) is 12.3 Å². The first-order valence-corrected chi connectivity index (χ1v) is 4.18. The Balaban J connectivity index is 2.75. The molecule has 0 radical (unpaired) electrons. The van der Waals surface area contributed by atoms with Crippen LogP contribution < -0.4 is 5.32 Å². The van der Waals surface area contributed by atoms with E-state index in [9.17, 15) is 13.6 Å². The molecular weight excluding hydrogens is 204 g/mol. The number of nitrogens with one attached hydrogen (secondary N) is 1. The number of hydrogen-bond donors (Lipinski definition) is 1. The number of carbonyl (C=O) groups is 1. The maximum Gasteiger partial charge on any atom is 0.268 e. The average molecular weight is 213 g/mol. The molecule has 6 heteroatoms. The Labute approximate surface area is 85.1 Å². The first-order chi connectivity index (χ1) is 7.06. The van der Waals surface area contributed by atoms with Gasteiger partial charge in [0.1, 0.15) is 17.5 Å². The zero-order chi connectivity index (χ0) is 11.4. The molecule has 0 saturated heterocycles. The van der Waals surface area contributed by atoms with E-state index in [1.54, 1.807) is 0 Å². The second-order valence-corrected chi connectivity index (χ2v) is 2.88. The fourth-order valence-corrected chi connectivity index (χ4v) is 1.11. The van der Waals surface area contributed by atoms with Crippen LogP contribution in [-0.2, 0) is 7.05 Å². The molecule has 0 aliphatic carbocycles. The van der Waals surface area contributed by atoms with Crippen LogP contribution in [0.15, 0.2) is 12.1 Å². The van der Waals surface area contributed by atoms with Crippen molar-refractivity contribution in [3.8, 4) is 6.07 Å². The highest BCUT2D eigenvalue weighted by molar-refractivity contribution is 5.93. The SMILES string of the molecule is Cn1c(C#N)ccc1C(=O)NCC(F)F. The van der Waals surface area contributed by atoms with Gasteiger partial charge in [-0.15, -0.1) is 0 Å². The Morgan fingerprint density at radius 3 is 2.80 bits per heavy atom. The second kappa shape index (κ2) is 4.55. The van der Waals surface area contributed by atoms with Gasteiger partial charge in [0.15, 0.2) is 0 Å². The van der Waals surface area contributed by atoms with E-state index in [1.807, 2.05) is 6.07 Å². The van der Waals surface area contributed by atoms with Crippen molar-refractivity contribution in [1.29, 1.82) is 5.26 Å². The van der Waals surface area contributed by atoms with E-state index in [1.165, 1.54) is 23.7 Å². The molecule has 0 bridgehead atoms. The largest absolute Gasteiger partial charge is 0.345 e. The highest BCUT2D eigenvalue weighted by Crippen LogP contribution is 2.05. The van der Waals surface area contributed by atoms with E-state index in [-0.39, 0.29) is 5.69 Å². The maximum atomic E-state index is 11.8. The van der Waals surface area contributed by atoms with Gasteiger partial charge in [-0.05, 0) is 12.1 Å². The van der Waals surface area contributed by atoms with Gasteiger partial charge in [0, 0.05) is 7.05 Å². The molecule has 0 saturated carbocycles. The monoisotopic (exact) mass is 213 g/mol. The summed E-state index contributed by atoms with van der Waals surface area (Å²) in [6.07, 6.45) is -2.58. The minimum Gasteiger partial charge on any atom is -0.345 e. The van der Waals surface area contributed by atoms with E-state index in [0.29, 0.717) is 5.69 Å². The third kappa shape index (κ3) is 2.53. The van der Waals surface area contributed by atoms with Crippen LogP contribution in [-0.4, -0.2) is 23.4 Å². The van der Waals surface area contributed by atoms with Crippen LogP contribution in [0.5, 0.6) is 0 Å². The van der Waals surface area contributed by atoms with Gasteiger partial charge in [-0.25, -0.2) is 8.78 Å². The predicted octanol–water partition coefficient (Wildman–Crippen LogP) is 0.892. The summed E-state index contributed by atoms with van der Waals surface area (Å²) in [7, 11) is 1.52. The van der Waals surface area contributed by atoms with Crippen molar-refractivity contribution in [3.63, 3.8) is 0 Å². The predicted molar refractivity (Wildman–Crippen MR) is 48.5 cm³/mol. The van der Waals surface area contributed by atoms with Gasteiger partial charge in [-0.1, -0.05) is 0 Å². The Morgan fingerprint density at radius 2 is 2.33 bits per heavy atom. The van der Waals surface area contributed by atoms with Crippen molar-refractivity contribution in [3.05, 3.63) is 23.5 Å². The zero-order valence-electron chi connectivity index (χ0n) is 8.00. The van der Waals surface area contributed by atoms with Crippen molar-refractivity contribution >= 4 is 5.91 Å². The minimum absolute atomic E-state index is 0.187. The van der Waals surface area contributed by atoms with Gasteiger partial charge in [0.05, 0.1) is 6.54 Å². The molecule has 1 aromatic heterocycles. The van der Waals surface area contributed by atoms with Gasteiger partial charge in [-0.3, -0.25) is 4.79 Å². The van der Waals surface area contributed by atoms with Crippen LogP contribution in [0.25, 0.3) is 0 Å². The summed E-state index contributed by atoms with van der Waals surface area (Å²) in [6, 6.07) is 4.74. The molecule has 1 amide bonds. The summed E-state index contributed by atoms with van der Waals surface area (Å²) < 4.78 is 25.0. The maximum absolute atomic E-state index is 11.8. The van der Waals surface area contributed by atoms with E-state index in [4.69, 9.17) is 5.26 Å². The molecule has 15 heavy (non-hydrogen) atoms. The number of halogens is 2. The van der Waals surface area contributed by atoms with E-state index < -0.39 is 18.9 Å². The highest BCUT2D eigenvalue weighted by atomic mass is 19.3. The molecule has 0 aliphatic rings. The molecule has 0 aromatic carbocycles. The molecule has 1 N–H and O–H groups in total. The molecule has 80 valence electrons. The number of alkyl halides is 2. The number of nitrogens with zero attached hydrogens (tertiary/aromatic N) is 2. The van der Waals surface area contributed by atoms with Gasteiger partial charge >= 0.3 is 0 Å². The summed E-state index contributed by atoms with van der Waals surface area (Å²) >= 11 is 0. The smallest absolute Gasteiger partial charge is 0.268 e. The first-order valence-electron chi connectivity index (χ1n) is 4.18. The fraction of sp³-hybridized carbons (Fsp3) is 0.333. The van der Waals surface area contributed by atoms with E-state index in [2.05, 4.69) is 5.32 Å². The van der Waals surface area contributed by atoms with Crippen LogP contribution in [0.2, 0.25) is 0 Å². The Kier molecular flexibility index (Phi) is 3.39. The topological polar surface area (TPSA) is 57.8 Å². The van der Waals surface area contributed by atoms with Crippen LogP contribution in [0.1, 0.15) is 16.2 Å². The molecule has 0 fully saturated rings. The summed E-state index contributed by atoms with van der Waals surface area (Å²) in [4.78, 5) is 11.3. The van der Waals surface area contributed by atoms with Crippen LogP contribution in [0, 0.1) is 11.3 Å². The van der Waals surface area contributed by atoms with Gasteiger partial charge in [-0.2, -0.15) is 5.26 Å². The summed E-state index contributed by atoms with van der Waals surface area (Å²) in [6.45, 7) is -0.689. The average Bonchev–Trinajstić information content (AvgIpc) is 2.56. The summed E-state index contributed by atoms with van der Waals surface area (Å²) in [5.41, 5.74) is 0.490. The number of rotatable bonds is 3. The fourth-order valence-electron chi connectivity index (χ4n) is 1.11. The molecule has 0 aliphatic heterocycles. The Bertz CT molecular complexity index is 406.